The summed E-state index contributed by atoms with van der Waals surface area (Å²) < 4.78 is 33.9. The molecule has 3 heterocycles. The lowest BCUT2D eigenvalue weighted by atomic mass is 10.1. The van der Waals surface area contributed by atoms with Gasteiger partial charge in [0.05, 0.1) is 41.7 Å². The number of sulfone groups is 1. The van der Waals surface area contributed by atoms with Crippen molar-refractivity contribution in [3.05, 3.63) is 77.7 Å². The van der Waals surface area contributed by atoms with E-state index in [4.69, 9.17) is 26.3 Å². The minimum Gasteiger partial charge on any atom is -0.377 e. The van der Waals surface area contributed by atoms with Crippen LogP contribution >= 0.6 is 11.6 Å². The van der Waals surface area contributed by atoms with Gasteiger partial charge in [-0.25, -0.2) is 23.2 Å². The Morgan fingerprint density at radius 2 is 1.76 bits per heavy atom. The Labute approximate surface area is 248 Å². The molecule has 1 atom stereocenters. The number of benzene rings is 2. The third-order valence-electron chi connectivity index (χ3n) is 7.55. The maximum atomic E-state index is 13.9. The number of nitrogens with one attached hydrogen (secondary N) is 2. The molecule has 1 aliphatic carbocycles. The third kappa shape index (κ3) is 5.44. The van der Waals surface area contributed by atoms with E-state index in [-0.39, 0.29) is 10.9 Å². The van der Waals surface area contributed by atoms with Crippen molar-refractivity contribution in [2.75, 3.05) is 35.3 Å². The summed E-state index contributed by atoms with van der Waals surface area (Å²) in [6.07, 6.45) is 4.17. The standard InChI is InChI=1S/C29H30ClN7O4S/c1-19-18-41-14-13-37(19)26-15-25(29(11-12-29)42(39,40)24-9-5-21(30)6-10-24)34-27(35-26)20-3-7-22(8-4-20)32-28(38)33-23-16-31-36(2)17-23/h3-10,15-17,19H,11-14,18H2,1-2H3,(H2,32,33,38)/t19-/m0/s1. The molecule has 2 aromatic carbocycles. The van der Waals surface area contributed by atoms with E-state index in [1.54, 1.807) is 72.7 Å². The summed E-state index contributed by atoms with van der Waals surface area (Å²) in [5, 5.41) is 10.0. The molecule has 2 aliphatic rings. The minimum absolute atomic E-state index is 0.0577. The number of aromatic nitrogens is 4. The second-order valence-electron chi connectivity index (χ2n) is 10.6. The first-order chi connectivity index (χ1) is 20.1. The number of carbonyl (C=O) groups is 1. The first-order valence-electron chi connectivity index (χ1n) is 13.6. The smallest absolute Gasteiger partial charge is 0.323 e. The number of nitrogens with zero attached hydrogens (tertiary/aromatic N) is 5. The number of anilines is 3. The highest BCUT2D eigenvalue weighted by Crippen LogP contribution is 2.55. The summed E-state index contributed by atoms with van der Waals surface area (Å²) in [6, 6.07) is 14.8. The maximum Gasteiger partial charge on any atom is 0.323 e. The molecular weight excluding hydrogens is 578 g/mol. The molecule has 218 valence electrons. The Balaban J connectivity index is 1.33. The van der Waals surface area contributed by atoms with Crippen molar-refractivity contribution >= 4 is 44.7 Å². The summed E-state index contributed by atoms with van der Waals surface area (Å²) in [7, 11) is -1.99. The third-order valence-corrected chi connectivity index (χ3v) is 10.3. The highest BCUT2D eigenvalue weighted by atomic mass is 35.5. The van der Waals surface area contributed by atoms with Crippen molar-refractivity contribution in [2.45, 2.75) is 35.4 Å². The van der Waals surface area contributed by atoms with Gasteiger partial charge in [-0.2, -0.15) is 5.10 Å². The number of rotatable bonds is 7. The van der Waals surface area contributed by atoms with E-state index < -0.39 is 20.6 Å². The Bertz CT molecular complexity index is 1720. The highest BCUT2D eigenvalue weighted by Gasteiger charge is 2.58. The van der Waals surface area contributed by atoms with Gasteiger partial charge in [0.2, 0.25) is 0 Å². The van der Waals surface area contributed by atoms with Crippen molar-refractivity contribution in [1.29, 1.82) is 0 Å². The zero-order valence-corrected chi connectivity index (χ0v) is 24.7. The monoisotopic (exact) mass is 607 g/mol. The van der Waals surface area contributed by atoms with Crippen LogP contribution in [-0.2, 0) is 26.4 Å². The van der Waals surface area contributed by atoms with Crippen LogP contribution in [0.1, 0.15) is 25.5 Å². The fraction of sp³-hybridized carbons (Fsp3) is 0.310. The molecule has 1 saturated heterocycles. The molecule has 1 saturated carbocycles. The fourth-order valence-corrected chi connectivity index (χ4v) is 7.20. The second kappa shape index (κ2) is 11.0. The van der Waals surface area contributed by atoms with E-state index in [1.165, 1.54) is 0 Å². The Morgan fingerprint density at radius 3 is 2.40 bits per heavy atom. The molecule has 1 aliphatic heterocycles. The van der Waals surface area contributed by atoms with Crippen molar-refractivity contribution in [1.82, 2.24) is 19.7 Å². The molecule has 2 N–H and O–H groups in total. The zero-order chi connectivity index (χ0) is 29.5. The van der Waals surface area contributed by atoms with Crippen LogP contribution in [0.3, 0.4) is 0 Å². The minimum atomic E-state index is -3.75. The van der Waals surface area contributed by atoms with Gasteiger partial charge < -0.3 is 20.3 Å². The number of ether oxygens (including phenoxy) is 1. The Hall–Kier alpha value is -4.00. The lowest BCUT2D eigenvalue weighted by molar-refractivity contribution is 0.0985. The number of hydrogen-bond acceptors (Lipinski definition) is 8. The van der Waals surface area contributed by atoms with E-state index in [9.17, 15) is 13.2 Å². The van der Waals surface area contributed by atoms with Gasteiger partial charge in [0.25, 0.3) is 0 Å². The van der Waals surface area contributed by atoms with Crippen molar-refractivity contribution in [2.24, 2.45) is 7.05 Å². The summed E-state index contributed by atoms with van der Waals surface area (Å²) in [5.41, 5.74) is 2.30. The van der Waals surface area contributed by atoms with Gasteiger partial charge in [-0.15, -0.1) is 0 Å². The first kappa shape index (κ1) is 28.1. The average Bonchev–Trinajstić information content (AvgIpc) is 3.71. The molecule has 13 heteroatoms. The number of aryl methyl sites for hydroxylation is 1. The van der Waals surface area contributed by atoms with Crippen LogP contribution in [0.25, 0.3) is 11.4 Å². The topological polar surface area (TPSA) is 131 Å². The van der Waals surface area contributed by atoms with Crippen molar-refractivity contribution in [3.8, 4) is 11.4 Å². The molecule has 2 fully saturated rings. The number of halogens is 1. The van der Waals surface area contributed by atoms with Crippen molar-refractivity contribution < 1.29 is 17.9 Å². The molecule has 0 bridgehead atoms. The number of morpholine rings is 1. The van der Waals surface area contributed by atoms with Crippen molar-refractivity contribution in [3.63, 3.8) is 0 Å². The summed E-state index contributed by atoms with van der Waals surface area (Å²) in [4.78, 5) is 24.5. The molecule has 11 nitrogen and oxygen atoms in total. The maximum absolute atomic E-state index is 13.9. The number of urea groups is 1. The predicted molar refractivity (Wildman–Crippen MR) is 160 cm³/mol. The molecule has 0 unspecified atom stereocenters. The number of hydrogen-bond donors (Lipinski definition) is 2. The Kier molecular flexibility index (Phi) is 7.37. The van der Waals surface area contributed by atoms with Gasteiger partial charge in [-0.05, 0) is 68.3 Å². The summed E-state index contributed by atoms with van der Waals surface area (Å²) in [5.74, 6) is 1.06. The summed E-state index contributed by atoms with van der Waals surface area (Å²) in [6.45, 7) is 3.77. The lowest BCUT2D eigenvalue weighted by Crippen LogP contribution is -2.44. The van der Waals surface area contributed by atoms with Gasteiger partial charge in [-0.1, -0.05) is 11.6 Å². The molecule has 6 rings (SSSR count). The van der Waals surface area contributed by atoms with E-state index in [2.05, 4.69) is 27.6 Å². The van der Waals surface area contributed by atoms with E-state index in [0.29, 0.717) is 71.9 Å². The molecule has 2 aromatic heterocycles. The lowest BCUT2D eigenvalue weighted by Gasteiger charge is -2.34. The SMILES string of the molecule is C[C@H]1COCCN1c1cc(C2(S(=O)(=O)c3ccc(Cl)cc3)CC2)nc(-c2ccc(NC(=O)Nc3cnn(C)c3)cc2)n1. The van der Waals surface area contributed by atoms with Crippen LogP contribution in [-0.4, -0.2) is 60.0 Å². The van der Waals surface area contributed by atoms with Crippen LogP contribution in [0.4, 0.5) is 22.0 Å². The first-order valence-corrected chi connectivity index (χ1v) is 15.4. The molecular formula is C29H30ClN7O4S. The van der Waals surface area contributed by atoms with Crippen LogP contribution < -0.4 is 15.5 Å². The zero-order valence-electron chi connectivity index (χ0n) is 23.1. The molecule has 0 spiro atoms. The second-order valence-corrected chi connectivity index (χ2v) is 13.3. The average molecular weight is 608 g/mol. The molecule has 4 aromatic rings. The quantitative estimate of drug-likeness (QED) is 0.304. The predicted octanol–water partition coefficient (Wildman–Crippen LogP) is 4.86. The Morgan fingerprint density at radius 1 is 1.05 bits per heavy atom. The van der Waals surface area contributed by atoms with Gasteiger partial charge >= 0.3 is 6.03 Å². The number of amides is 2. The molecule has 42 heavy (non-hydrogen) atoms. The molecule has 2 amide bonds. The normalized spacial score (nSPS) is 18.0. The van der Waals surface area contributed by atoms with E-state index >= 15 is 0 Å². The fourth-order valence-electron chi connectivity index (χ4n) is 5.11. The van der Waals surface area contributed by atoms with Crippen LogP contribution in [0, 0.1) is 0 Å². The van der Waals surface area contributed by atoms with Crippen LogP contribution in [0.2, 0.25) is 5.02 Å². The van der Waals surface area contributed by atoms with Gasteiger partial charge in [0.15, 0.2) is 15.7 Å². The molecule has 0 radical (unpaired) electrons. The largest absolute Gasteiger partial charge is 0.377 e. The van der Waals surface area contributed by atoms with E-state index in [1.807, 2.05) is 6.07 Å². The van der Waals surface area contributed by atoms with Gasteiger partial charge in [0, 0.05) is 42.1 Å². The number of carbonyl (C=O) groups excluding carboxylic acids is 1. The van der Waals surface area contributed by atoms with Gasteiger partial charge in [-0.3, -0.25) is 4.68 Å². The summed E-state index contributed by atoms with van der Waals surface area (Å²) >= 11 is 6.03. The van der Waals surface area contributed by atoms with Gasteiger partial charge in [0.1, 0.15) is 10.6 Å². The highest BCUT2D eigenvalue weighted by molar-refractivity contribution is 7.92. The van der Waals surface area contributed by atoms with Crippen LogP contribution in [0.15, 0.2) is 71.9 Å². The van der Waals surface area contributed by atoms with E-state index in [0.717, 1.165) is 0 Å². The van der Waals surface area contributed by atoms with Crippen LogP contribution in [0.5, 0.6) is 0 Å².